The molecule has 2 saturated heterocycles. The standard InChI is InChI=1S/C20H20FN3O3/c21-14-5-7-15(8-6-14)24-19(26)13-17(20(24)27)23-11-9-22(10-12-23)16-3-1-2-4-18(16)25/h1-8,17,25H,9-13H2/p+1/t17-/m0/s1. The fourth-order valence-electron chi connectivity index (χ4n) is 3.93. The SMILES string of the molecule is O=C1C[C@H]([NH+]2CCN(c3ccccc3O)CC2)C(=O)N1c1ccc(F)cc1. The molecule has 2 aromatic carbocycles. The molecule has 2 amide bonds. The molecule has 2 aromatic rings. The largest absolute Gasteiger partial charge is 0.506 e. The first-order valence-corrected chi connectivity index (χ1v) is 9.04. The van der Waals surface area contributed by atoms with Crippen LogP contribution >= 0.6 is 0 Å². The fourth-order valence-corrected chi connectivity index (χ4v) is 3.93. The summed E-state index contributed by atoms with van der Waals surface area (Å²) < 4.78 is 13.1. The highest BCUT2D eigenvalue weighted by Crippen LogP contribution is 2.26. The molecule has 27 heavy (non-hydrogen) atoms. The van der Waals surface area contributed by atoms with E-state index >= 15 is 0 Å². The number of para-hydroxylation sites is 2. The number of rotatable bonds is 3. The van der Waals surface area contributed by atoms with Crippen molar-refractivity contribution in [1.29, 1.82) is 0 Å². The third-order valence-electron chi connectivity index (χ3n) is 5.35. The van der Waals surface area contributed by atoms with Gasteiger partial charge < -0.3 is 14.9 Å². The summed E-state index contributed by atoms with van der Waals surface area (Å²) >= 11 is 0. The average Bonchev–Trinajstić information content (AvgIpc) is 2.97. The van der Waals surface area contributed by atoms with Crippen molar-refractivity contribution >= 4 is 23.2 Å². The quantitative estimate of drug-likeness (QED) is 0.776. The first kappa shape index (κ1) is 17.5. The molecule has 0 spiro atoms. The second kappa shape index (κ2) is 7.00. The van der Waals surface area contributed by atoms with Crippen LogP contribution in [-0.4, -0.2) is 49.1 Å². The molecule has 0 unspecified atom stereocenters. The highest BCUT2D eigenvalue weighted by Gasteiger charge is 2.46. The summed E-state index contributed by atoms with van der Waals surface area (Å²) in [5.74, 6) is -0.624. The third kappa shape index (κ3) is 3.26. The summed E-state index contributed by atoms with van der Waals surface area (Å²) in [6.45, 7) is 2.80. The van der Waals surface area contributed by atoms with Gasteiger partial charge in [-0.1, -0.05) is 12.1 Å². The number of hydrogen-bond acceptors (Lipinski definition) is 4. The summed E-state index contributed by atoms with van der Waals surface area (Å²) in [7, 11) is 0. The molecular weight excluding hydrogens is 349 g/mol. The molecule has 0 radical (unpaired) electrons. The van der Waals surface area contributed by atoms with Gasteiger partial charge in [0, 0.05) is 0 Å². The second-order valence-electron chi connectivity index (χ2n) is 6.93. The maximum absolute atomic E-state index is 13.1. The van der Waals surface area contributed by atoms with Crippen LogP contribution in [-0.2, 0) is 9.59 Å². The monoisotopic (exact) mass is 370 g/mol. The molecule has 0 bridgehead atoms. The van der Waals surface area contributed by atoms with Crippen molar-refractivity contribution in [2.75, 3.05) is 36.0 Å². The van der Waals surface area contributed by atoms with Gasteiger partial charge in [-0.15, -0.1) is 0 Å². The Labute approximate surface area is 156 Å². The predicted octanol–water partition coefficient (Wildman–Crippen LogP) is 0.568. The van der Waals surface area contributed by atoms with E-state index in [1.54, 1.807) is 12.1 Å². The molecule has 2 aliphatic rings. The lowest BCUT2D eigenvalue weighted by molar-refractivity contribution is -0.915. The van der Waals surface area contributed by atoms with E-state index in [1.807, 2.05) is 12.1 Å². The number of nitrogens with zero attached hydrogens (tertiary/aromatic N) is 2. The number of carbonyl (C=O) groups excluding carboxylic acids is 2. The summed E-state index contributed by atoms with van der Waals surface area (Å²) in [4.78, 5) is 29.6. The zero-order chi connectivity index (χ0) is 19.0. The predicted molar refractivity (Wildman–Crippen MR) is 98.3 cm³/mol. The molecular formula is C20H21FN3O3+. The molecule has 4 rings (SSSR count). The molecule has 2 heterocycles. The van der Waals surface area contributed by atoms with Crippen LogP contribution in [0.4, 0.5) is 15.8 Å². The summed E-state index contributed by atoms with van der Waals surface area (Å²) in [6, 6.07) is 12.2. The van der Waals surface area contributed by atoms with Crippen LogP contribution in [0.2, 0.25) is 0 Å². The lowest BCUT2D eigenvalue weighted by atomic mass is 10.1. The van der Waals surface area contributed by atoms with Gasteiger partial charge in [-0.05, 0) is 36.4 Å². The first-order valence-electron chi connectivity index (χ1n) is 9.04. The minimum absolute atomic E-state index is 0.169. The van der Waals surface area contributed by atoms with E-state index in [1.165, 1.54) is 29.2 Å². The molecule has 2 N–H and O–H groups in total. The summed E-state index contributed by atoms with van der Waals surface area (Å²) in [6.07, 6.45) is 0.169. The Hall–Kier alpha value is -2.93. The van der Waals surface area contributed by atoms with Gasteiger partial charge in [0.1, 0.15) is 11.6 Å². The molecule has 0 aromatic heterocycles. The van der Waals surface area contributed by atoms with Crippen LogP contribution in [0.15, 0.2) is 48.5 Å². The van der Waals surface area contributed by atoms with Crippen molar-refractivity contribution in [2.24, 2.45) is 0 Å². The molecule has 140 valence electrons. The number of anilines is 2. The molecule has 0 saturated carbocycles. The minimum Gasteiger partial charge on any atom is -0.506 e. The Morgan fingerprint density at radius 2 is 1.67 bits per heavy atom. The Kier molecular flexibility index (Phi) is 4.53. The summed E-state index contributed by atoms with van der Waals surface area (Å²) in [5, 5.41) is 10.0. The molecule has 6 nitrogen and oxygen atoms in total. The first-order chi connectivity index (χ1) is 13.0. The van der Waals surface area contributed by atoms with Gasteiger partial charge in [-0.25, -0.2) is 9.29 Å². The van der Waals surface area contributed by atoms with Crippen LogP contribution in [0.25, 0.3) is 0 Å². The number of piperazine rings is 1. The fraction of sp³-hybridized carbons (Fsp3) is 0.300. The number of carbonyl (C=O) groups is 2. The van der Waals surface area contributed by atoms with Crippen LogP contribution in [0.1, 0.15) is 6.42 Å². The molecule has 7 heteroatoms. The number of amides is 2. The number of nitrogens with one attached hydrogen (secondary N) is 1. The number of halogens is 1. The Morgan fingerprint density at radius 3 is 2.33 bits per heavy atom. The van der Waals surface area contributed by atoms with Gasteiger partial charge in [-0.3, -0.25) is 9.59 Å². The minimum atomic E-state index is -0.408. The number of aromatic hydroxyl groups is 1. The van der Waals surface area contributed by atoms with Gasteiger partial charge >= 0.3 is 0 Å². The van der Waals surface area contributed by atoms with Crippen molar-refractivity contribution in [3.8, 4) is 5.75 Å². The number of quaternary nitrogens is 1. The zero-order valence-corrected chi connectivity index (χ0v) is 14.8. The van der Waals surface area contributed by atoms with Gasteiger partial charge in [0.15, 0.2) is 6.04 Å². The normalized spacial score (nSPS) is 21.1. The summed E-state index contributed by atoms with van der Waals surface area (Å²) in [5.41, 5.74) is 1.21. The van der Waals surface area contributed by atoms with Crippen molar-refractivity contribution in [3.05, 3.63) is 54.3 Å². The third-order valence-corrected chi connectivity index (χ3v) is 5.35. The average molecular weight is 370 g/mol. The highest BCUT2D eigenvalue weighted by atomic mass is 19.1. The van der Waals surface area contributed by atoms with Gasteiger partial charge in [0.05, 0.1) is 44.0 Å². The van der Waals surface area contributed by atoms with E-state index in [0.717, 1.165) is 10.6 Å². The maximum Gasteiger partial charge on any atom is 0.292 e. The molecule has 2 aliphatic heterocycles. The smallest absolute Gasteiger partial charge is 0.292 e. The van der Waals surface area contributed by atoms with Crippen molar-refractivity contribution < 1.29 is 24.0 Å². The van der Waals surface area contributed by atoms with Crippen LogP contribution in [0.5, 0.6) is 5.75 Å². The van der Waals surface area contributed by atoms with E-state index < -0.39 is 11.9 Å². The van der Waals surface area contributed by atoms with E-state index in [2.05, 4.69) is 4.90 Å². The van der Waals surface area contributed by atoms with Gasteiger partial charge in [0.25, 0.3) is 5.91 Å². The lowest BCUT2D eigenvalue weighted by Gasteiger charge is -2.35. The van der Waals surface area contributed by atoms with Crippen molar-refractivity contribution in [2.45, 2.75) is 12.5 Å². The lowest BCUT2D eigenvalue weighted by Crippen LogP contribution is -3.19. The highest BCUT2D eigenvalue weighted by molar-refractivity contribution is 6.21. The number of imide groups is 1. The van der Waals surface area contributed by atoms with E-state index in [4.69, 9.17) is 0 Å². The topological polar surface area (TPSA) is 65.3 Å². The Morgan fingerprint density at radius 1 is 1.00 bits per heavy atom. The second-order valence-corrected chi connectivity index (χ2v) is 6.93. The van der Waals surface area contributed by atoms with Crippen LogP contribution in [0.3, 0.4) is 0 Å². The number of benzene rings is 2. The maximum atomic E-state index is 13.1. The van der Waals surface area contributed by atoms with E-state index in [-0.39, 0.29) is 24.0 Å². The number of hydrogen-bond donors (Lipinski definition) is 2. The van der Waals surface area contributed by atoms with E-state index in [9.17, 15) is 19.1 Å². The van der Waals surface area contributed by atoms with E-state index in [0.29, 0.717) is 31.9 Å². The Bertz CT molecular complexity index is 863. The molecule has 2 fully saturated rings. The van der Waals surface area contributed by atoms with Crippen LogP contribution < -0.4 is 14.7 Å². The molecule has 1 atom stereocenters. The van der Waals surface area contributed by atoms with Crippen LogP contribution in [0, 0.1) is 5.82 Å². The van der Waals surface area contributed by atoms with Gasteiger partial charge in [0.2, 0.25) is 5.91 Å². The molecule has 0 aliphatic carbocycles. The number of phenolic OH excluding ortho intramolecular Hbond substituents is 1. The zero-order valence-electron chi connectivity index (χ0n) is 14.8. The van der Waals surface area contributed by atoms with Crippen molar-refractivity contribution in [1.82, 2.24) is 0 Å². The van der Waals surface area contributed by atoms with Crippen molar-refractivity contribution in [3.63, 3.8) is 0 Å². The number of phenols is 1. The van der Waals surface area contributed by atoms with Gasteiger partial charge in [-0.2, -0.15) is 0 Å². The Balaban J connectivity index is 1.44.